The van der Waals surface area contributed by atoms with Gasteiger partial charge in [-0.2, -0.15) is 0 Å². The number of hydrogen-bond donors (Lipinski definition) is 2. The van der Waals surface area contributed by atoms with Gasteiger partial charge in [0.25, 0.3) is 5.91 Å². The van der Waals surface area contributed by atoms with Crippen LogP contribution in [-0.2, 0) is 37.1 Å². The Kier molecular flexibility index (Phi) is 7.83. The normalized spacial score (nSPS) is 15.4. The maximum atomic E-state index is 12.8. The molecule has 1 saturated heterocycles. The van der Waals surface area contributed by atoms with Gasteiger partial charge in [-0.3, -0.25) is 20.2 Å². The number of amides is 2. The Morgan fingerprint density at radius 1 is 0.972 bits per heavy atom. The minimum absolute atomic E-state index is 0.00159. The van der Waals surface area contributed by atoms with Crippen molar-refractivity contribution in [2.24, 2.45) is 4.99 Å². The van der Waals surface area contributed by atoms with Crippen LogP contribution in [0.3, 0.4) is 0 Å². The molecule has 2 aromatic carbocycles. The van der Waals surface area contributed by atoms with Crippen LogP contribution in [0.1, 0.15) is 33.4 Å². The second kappa shape index (κ2) is 11.6. The van der Waals surface area contributed by atoms with E-state index < -0.39 is 29.8 Å². The van der Waals surface area contributed by atoms with Crippen LogP contribution in [-0.4, -0.2) is 46.5 Å². The first kappa shape index (κ1) is 24.4. The highest BCUT2D eigenvalue weighted by molar-refractivity contribution is 6.23. The SMILES string of the molecule is O=C1CNC(c2ncc(C(=O)OCc3ccccc3)c(N=CC(=O)OCc3ccccc3)n2)C(=O)N1. The molecule has 0 spiro atoms. The van der Waals surface area contributed by atoms with Crippen molar-refractivity contribution in [2.45, 2.75) is 19.3 Å². The van der Waals surface area contributed by atoms with E-state index in [0.29, 0.717) is 0 Å². The number of piperazine rings is 1. The lowest BCUT2D eigenvalue weighted by atomic mass is 10.2. The number of nitrogens with one attached hydrogen (secondary N) is 2. The molecule has 0 aliphatic carbocycles. The summed E-state index contributed by atoms with van der Waals surface area (Å²) in [6, 6.07) is 17.1. The van der Waals surface area contributed by atoms with E-state index in [0.717, 1.165) is 23.5 Å². The lowest BCUT2D eigenvalue weighted by Crippen LogP contribution is -2.51. The molecule has 4 rings (SSSR count). The number of carbonyl (C=O) groups is 4. The summed E-state index contributed by atoms with van der Waals surface area (Å²) in [7, 11) is 0. The molecule has 1 fully saturated rings. The van der Waals surface area contributed by atoms with Gasteiger partial charge < -0.3 is 9.47 Å². The first-order valence-electron chi connectivity index (χ1n) is 10.9. The summed E-state index contributed by atoms with van der Waals surface area (Å²) in [5.41, 5.74) is 1.44. The van der Waals surface area contributed by atoms with Crippen molar-refractivity contribution in [1.29, 1.82) is 0 Å². The van der Waals surface area contributed by atoms with Crippen molar-refractivity contribution in [3.8, 4) is 0 Å². The second-order valence-electron chi connectivity index (χ2n) is 7.61. The molecule has 36 heavy (non-hydrogen) atoms. The Morgan fingerprint density at radius 2 is 1.61 bits per heavy atom. The Balaban J connectivity index is 1.53. The van der Waals surface area contributed by atoms with E-state index in [1.165, 1.54) is 0 Å². The zero-order valence-electron chi connectivity index (χ0n) is 18.9. The Labute approximate surface area is 205 Å². The molecule has 2 N–H and O–H groups in total. The van der Waals surface area contributed by atoms with Gasteiger partial charge in [-0.15, -0.1) is 0 Å². The second-order valence-corrected chi connectivity index (χ2v) is 7.61. The van der Waals surface area contributed by atoms with Crippen LogP contribution in [0.2, 0.25) is 0 Å². The minimum Gasteiger partial charge on any atom is -0.457 e. The number of carbonyl (C=O) groups excluding carboxylic acids is 4. The van der Waals surface area contributed by atoms with E-state index in [-0.39, 0.29) is 37.0 Å². The topological polar surface area (TPSA) is 149 Å². The summed E-state index contributed by atoms with van der Waals surface area (Å²) in [4.78, 5) is 60.9. The molecule has 1 unspecified atom stereocenters. The van der Waals surface area contributed by atoms with Gasteiger partial charge in [0, 0.05) is 6.20 Å². The minimum atomic E-state index is -1.05. The number of benzene rings is 2. The average molecular weight is 487 g/mol. The van der Waals surface area contributed by atoms with Crippen LogP contribution >= 0.6 is 0 Å². The maximum absolute atomic E-state index is 12.8. The number of ether oxygens (including phenoxy) is 2. The standard InChI is InChI=1S/C25H21N5O6/c31-19-12-26-21(24(33)29-19)23-27-11-18(25(34)36-15-17-9-5-2-6-10-17)22(30-23)28-13-20(32)35-14-16-7-3-1-4-8-16/h1-11,13,21,26H,12,14-15H2,(H,29,31,33). The fourth-order valence-corrected chi connectivity index (χ4v) is 3.20. The first-order chi connectivity index (χ1) is 17.5. The molecule has 2 heterocycles. The highest BCUT2D eigenvalue weighted by Crippen LogP contribution is 2.21. The number of aromatic nitrogens is 2. The molecule has 0 saturated carbocycles. The van der Waals surface area contributed by atoms with Gasteiger partial charge in [-0.25, -0.2) is 24.5 Å². The Bertz CT molecular complexity index is 1300. The third-order valence-corrected chi connectivity index (χ3v) is 4.99. The molecule has 3 aromatic rings. The van der Waals surface area contributed by atoms with Crippen LogP contribution in [0.15, 0.2) is 71.9 Å². The van der Waals surface area contributed by atoms with Gasteiger partial charge in [0.15, 0.2) is 11.6 Å². The summed E-state index contributed by atoms with van der Waals surface area (Å²) in [5, 5.41) is 4.90. The van der Waals surface area contributed by atoms with Gasteiger partial charge >= 0.3 is 11.9 Å². The van der Waals surface area contributed by atoms with Crippen molar-refractivity contribution in [2.75, 3.05) is 6.54 Å². The highest BCUT2D eigenvalue weighted by atomic mass is 16.5. The van der Waals surface area contributed by atoms with Crippen LogP contribution in [0.25, 0.3) is 0 Å². The number of aliphatic imine (C=N–C) groups is 1. The monoisotopic (exact) mass is 487 g/mol. The Morgan fingerprint density at radius 3 is 2.25 bits per heavy atom. The summed E-state index contributed by atoms with van der Waals surface area (Å²) in [5.74, 6) is -2.90. The van der Waals surface area contributed by atoms with Gasteiger partial charge in [0.05, 0.1) is 6.54 Å². The van der Waals surface area contributed by atoms with E-state index in [9.17, 15) is 19.2 Å². The van der Waals surface area contributed by atoms with Crippen molar-refractivity contribution >= 4 is 35.8 Å². The van der Waals surface area contributed by atoms with Gasteiger partial charge in [0.1, 0.15) is 31.0 Å². The van der Waals surface area contributed by atoms with E-state index in [2.05, 4.69) is 25.6 Å². The molecular weight excluding hydrogens is 466 g/mol. The smallest absolute Gasteiger partial charge is 0.349 e. The van der Waals surface area contributed by atoms with E-state index in [1.807, 2.05) is 36.4 Å². The van der Waals surface area contributed by atoms with E-state index in [4.69, 9.17) is 9.47 Å². The predicted octanol–water partition coefficient (Wildman–Crippen LogP) is 1.57. The molecule has 11 nitrogen and oxygen atoms in total. The van der Waals surface area contributed by atoms with Crippen LogP contribution in [0, 0.1) is 0 Å². The molecule has 1 aromatic heterocycles. The average Bonchev–Trinajstić information content (AvgIpc) is 2.90. The summed E-state index contributed by atoms with van der Waals surface area (Å²) >= 11 is 0. The van der Waals surface area contributed by atoms with Crippen LogP contribution in [0.4, 0.5) is 5.82 Å². The molecule has 1 aliphatic rings. The zero-order valence-corrected chi connectivity index (χ0v) is 18.9. The largest absolute Gasteiger partial charge is 0.457 e. The number of esters is 2. The molecule has 0 bridgehead atoms. The zero-order chi connectivity index (χ0) is 25.3. The number of hydrogen-bond acceptors (Lipinski definition) is 10. The fourth-order valence-electron chi connectivity index (χ4n) is 3.20. The van der Waals surface area contributed by atoms with Crippen molar-refractivity contribution in [3.05, 3.63) is 89.4 Å². The van der Waals surface area contributed by atoms with Gasteiger partial charge in [-0.05, 0) is 11.1 Å². The van der Waals surface area contributed by atoms with Gasteiger partial charge in [0.2, 0.25) is 5.91 Å². The quantitative estimate of drug-likeness (QED) is 0.274. The number of rotatable bonds is 8. The summed E-state index contributed by atoms with van der Waals surface area (Å²) in [6.45, 7) is -0.0870. The third-order valence-electron chi connectivity index (χ3n) is 4.99. The summed E-state index contributed by atoms with van der Waals surface area (Å²) < 4.78 is 10.5. The first-order valence-corrected chi connectivity index (χ1v) is 10.9. The fraction of sp³-hybridized carbons (Fsp3) is 0.160. The lowest BCUT2D eigenvalue weighted by Gasteiger charge is -2.21. The van der Waals surface area contributed by atoms with Crippen molar-refractivity contribution in [3.63, 3.8) is 0 Å². The molecule has 0 radical (unpaired) electrons. The van der Waals surface area contributed by atoms with Crippen LogP contribution in [0.5, 0.6) is 0 Å². The van der Waals surface area contributed by atoms with E-state index >= 15 is 0 Å². The van der Waals surface area contributed by atoms with Crippen molar-refractivity contribution < 1.29 is 28.7 Å². The van der Waals surface area contributed by atoms with E-state index in [1.54, 1.807) is 24.3 Å². The molecule has 182 valence electrons. The Hall–Kier alpha value is -4.77. The third kappa shape index (κ3) is 6.42. The molecule has 11 heteroatoms. The molecular formula is C25H21N5O6. The van der Waals surface area contributed by atoms with Gasteiger partial charge in [-0.1, -0.05) is 60.7 Å². The van der Waals surface area contributed by atoms with Crippen molar-refractivity contribution in [1.82, 2.24) is 20.6 Å². The predicted molar refractivity (Wildman–Crippen MR) is 126 cm³/mol. The molecule has 2 amide bonds. The number of imide groups is 1. The maximum Gasteiger partial charge on any atom is 0.349 e. The highest BCUT2D eigenvalue weighted by Gasteiger charge is 2.30. The van der Waals surface area contributed by atoms with Crippen LogP contribution < -0.4 is 10.6 Å². The lowest BCUT2D eigenvalue weighted by molar-refractivity contribution is -0.136. The number of nitrogens with zero attached hydrogens (tertiary/aromatic N) is 3. The molecule has 1 aliphatic heterocycles. The summed E-state index contributed by atoms with van der Waals surface area (Å²) in [6.07, 6.45) is 2.03. The molecule has 1 atom stereocenters.